The quantitative estimate of drug-likeness (QED) is 0.407. The first kappa shape index (κ1) is 23.2. The largest absolute Gasteiger partial charge is 0.439 e. The van der Waals surface area contributed by atoms with E-state index in [2.05, 4.69) is 9.88 Å². The Morgan fingerprint density at radius 3 is 2.56 bits per heavy atom. The second-order valence-corrected chi connectivity index (χ2v) is 8.74. The Balaban J connectivity index is 1.79. The Bertz CT molecular complexity index is 1700. The monoisotopic (exact) mass is 482 g/mol. The third kappa shape index (κ3) is 3.60. The topological polar surface area (TPSA) is 125 Å². The van der Waals surface area contributed by atoms with Crippen molar-refractivity contribution in [1.29, 1.82) is 5.26 Å². The van der Waals surface area contributed by atoms with E-state index in [-0.39, 0.29) is 28.3 Å². The summed E-state index contributed by atoms with van der Waals surface area (Å²) in [6.45, 7) is 7.72. The second-order valence-electron chi connectivity index (χ2n) is 8.74. The number of H-pyrrole nitrogens is 1. The number of allylic oxidation sites excluding steroid dienone is 1. The van der Waals surface area contributed by atoms with Crippen molar-refractivity contribution in [2.75, 3.05) is 18.0 Å². The number of pyridine rings is 1. The zero-order valence-electron chi connectivity index (χ0n) is 20.3. The van der Waals surface area contributed by atoms with Crippen molar-refractivity contribution in [2.45, 2.75) is 33.1 Å². The van der Waals surface area contributed by atoms with Crippen molar-refractivity contribution in [2.24, 2.45) is 5.73 Å². The Labute approximate surface area is 207 Å². The van der Waals surface area contributed by atoms with Gasteiger partial charge in [0.15, 0.2) is 5.75 Å². The van der Waals surface area contributed by atoms with Crippen LogP contribution in [0.15, 0.2) is 67.9 Å². The van der Waals surface area contributed by atoms with E-state index in [1.165, 1.54) is 0 Å². The maximum Gasteiger partial charge on any atom is 0.344 e. The average Bonchev–Trinajstić information content (AvgIpc) is 2.88. The Kier molecular flexibility index (Phi) is 5.77. The van der Waals surface area contributed by atoms with E-state index >= 15 is 0 Å². The van der Waals surface area contributed by atoms with E-state index in [4.69, 9.17) is 14.9 Å². The van der Waals surface area contributed by atoms with Crippen LogP contribution in [0.1, 0.15) is 43.4 Å². The molecule has 36 heavy (non-hydrogen) atoms. The molecule has 3 N–H and O–H groups in total. The smallest absolute Gasteiger partial charge is 0.344 e. The van der Waals surface area contributed by atoms with Crippen LogP contribution in [0.2, 0.25) is 0 Å². The van der Waals surface area contributed by atoms with Gasteiger partial charge in [-0.15, -0.1) is 0 Å². The van der Waals surface area contributed by atoms with E-state index in [1.807, 2.05) is 57.2 Å². The molecule has 1 unspecified atom stereocenters. The number of nitriles is 1. The van der Waals surface area contributed by atoms with Crippen LogP contribution >= 0.6 is 0 Å². The van der Waals surface area contributed by atoms with Crippen molar-refractivity contribution in [3.8, 4) is 11.8 Å². The number of aryl methyl sites for hydroxylation is 1. The Hall–Kier alpha value is -4.51. The van der Waals surface area contributed by atoms with E-state index in [0.717, 1.165) is 36.1 Å². The lowest BCUT2D eigenvalue weighted by molar-refractivity contribution is 0.388. The van der Waals surface area contributed by atoms with Gasteiger partial charge < -0.3 is 24.8 Å². The average molecular weight is 483 g/mol. The molecule has 0 saturated heterocycles. The first-order valence-electron chi connectivity index (χ1n) is 12.0. The molecule has 3 heterocycles. The number of aromatic amines is 1. The van der Waals surface area contributed by atoms with Crippen LogP contribution in [-0.4, -0.2) is 18.1 Å². The molecule has 2 aromatic heterocycles. The number of rotatable bonds is 5. The second kappa shape index (κ2) is 8.93. The molecule has 182 valence electrons. The highest BCUT2D eigenvalue weighted by atomic mass is 16.5. The lowest BCUT2D eigenvalue weighted by atomic mass is 9.84. The van der Waals surface area contributed by atoms with E-state index in [1.54, 1.807) is 12.1 Å². The van der Waals surface area contributed by atoms with Crippen LogP contribution in [0.25, 0.3) is 21.9 Å². The number of nitrogens with one attached hydrogen (secondary N) is 1. The molecule has 1 aliphatic heterocycles. The van der Waals surface area contributed by atoms with Gasteiger partial charge in [-0.3, -0.25) is 4.79 Å². The minimum atomic E-state index is -1.03. The number of anilines is 1. The van der Waals surface area contributed by atoms with Crippen molar-refractivity contribution >= 4 is 27.6 Å². The highest BCUT2D eigenvalue weighted by Crippen LogP contribution is 2.43. The molecular formula is C28H26N4O4. The standard InChI is InChI=1S/C28H26N4O4/c1-4-15-7-10-21-16(11-15)12-19(27(33)31-21)23-20(14-29)26(30)36-25-18-9-8-17(32(5-2)6-3)13-22(18)35-28(34)24(23)25/h7-13,23H,4-6,30H2,1-3H3,(H,31,33). The van der Waals surface area contributed by atoms with Crippen molar-refractivity contribution in [3.05, 3.63) is 91.4 Å². The predicted octanol–water partition coefficient (Wildman–Crippen LogP) is 4.26. The van der Waals surface area contributed by atoms with Gasteiger partial charge >= 0.3 is 5.63 Å². The van der Waals surface area contributed by atoms with Crippen LogP contribution in [0.3, 0.4) is 0 Å². The lowest BCUT2D eigenvalue weighted by Crippen LogP contribution is -2.29. The van der Waals surface area contributed by atoms with Crippen molar-refractivity contribution in [1.82, 2.24) is 4.98 Å². The predicted molar refractivity (Wildman–Crippen MR) is 139 cm³/mol. The normalized spacial score (nSPS) is 15.0. The summed E-state index contributed by atoms with van der Waals surface area (Å²) in [7, 11) is 0. The van der Waals surface area contributed by atoms with Gasteiger partial charge in [0.25, 0.3) is 5.56 Å². The molecule has 1 atom stereocenters. The van der Waals surface area contributed by atoms with Gasteiger partial charge in [-0.1, -0.05) is 13.0 Å². The maximum absolute atomic E-state index is 13.4. The summed E-state index contributed by atoms with van der Waals surface area (Å²) < 4.78 is 11.6. The zero-order valence-corrected chi connectivity index (χ0v) is 20.3. The van der Waals surface area contributed by atoms with Gasteiger partial charge in [0.1, 0.15) is 17.2 Å². The summed E-state index contributed by atoms with van der Waals surface area (Å²) in [4.78, 5) is 31.6. The summed E-state index contributed by atoms with van der Waals surface area (Å²) in [6.07, 6.45) is 0.825. The molecule has 1 aliphatic rings. The highest BCUT2D eigenvalue weighted by molar-refractivity contribution is 5.89. The molecular weight excluding hydrogens is 456 g/mol. The number of hydrogen-bond donors (Lipinski definition) is 2. The van der Waals surface area contributed by atoms with Crippen molar-refractivity contribution in [3.63, 3.8) is 0 Å². The minimum absolute atomic E-state index is 0.00888. The summed E-state index contributed by atoms with van der Waals surface area (Å²) >= 11 is 0. The van der Waals surface area contributed by atoms with Gasteiger partial charge in [-0.05, 0) is 61.5 Å². The molecule has 0 spiro atoms. The van der Waals surface area contributed by atoms with Gasteiger partial charge in [0.2, 0.25) is 5.88 Å². The fourth-order valence-corrected chi connectivity index (χ4v) is 4.91. The summed E-state index contributed by atoms with van der Waals surface area (Å²) in [6, 6.07) is 15.1. The van der Waals surface area contributed by atoms with Gasteiger partial charge in [-0.25, -0.2) is 4.79 Å². The number of fused-ring (bicyclic) bond motifs is 4. The molecule has 0 saturated carbocycles. The third-order valence-corrected chi connectivity index (χ3v) is 6.84. The Morgan fingerprint density at radius 1 is 1.08 bits per heavy atom. The molecule has 2 aromatic carbocycles. The van der Waals surface area contributed by atoms with Crippen LogP contribution in [0.5, 0.6) is 5.75 Å². The maximum atomic E-state index is 13.4. The van der Waals surface area contributed by atoms with Crippen LogP contribution in [0, 0.1) is 11.3 Å². The summed E-state index contributed by atoms with van der Waals surface area (Å²) in [5.41, 5.74) is 8.40. The third-order valence-electron chi connectivity index (χ3n) is 6.84. The molecule has 5 rings (SSSR count). The first-order chi connectivity index (χ1) is 17.4. The number of nitrogens with two attached hydrogens (primary N) is 1. The SMILES string of the molecule is CCc1ccc2[nH]c(=O)c(C3C(C#N)=C(N)Oc4c3c(=O)oc3cc(N(CC)CC)ccc43)cc2c1. The molecule has 8 nitrogen and oxygen atoms in total. The molecule has 0 fully saturated rings. The molecule has 0 radical (unpaired) electrons. The van der Waals surface area contributed by atoms with E-state index in [9.17, 15) is 14.9 Å². The number of benzene rings is 2. The number of nitrogens with zero attached hydrogens (tertiary/aromatic N) is 2. The molecule has 0 bridgehead atoms. The molecule has 8 heteroatoms. The van der Waals surface area contributed by atoms with Crippen LogP contribution < -0.4 is 26.6 Å². The van der Waals surface area contributed by atoms with E-state index in [0.29, 0.717) is 16.5 Å². The highest BCUT2D eigenvalue weighted by Gasteiger charge is 2.37. The van der Waals surface area contributed by atoms with Crippen LogP contribution in [0.4, 0.5) is 5.69 Å². The lowest BCUT2D eigenvalue weighted by Gasteiger charge is -2.26. The molecule has 4 aromatic rings. The first-order valence-corrected chi connectivity index (χ1v) is 12.0. The van der Waals surface area contributed by atoms with Gasteiger partial charge in [-0.2, -0.15) is 5.26 Å². The fourth-order valence-electron chi connectivity index (χ4n) is 4.91. The Morgan fingerprint density at radius 2 is 1.86 bits per heavy atom. The minimum Gasteiger partial charge on any atom is -0.439 e. The van der Waals surface area contributed by atoms with Crippen molar-refractivity contribution < 1.29 is 9.15 Å². The van der Waals surface area contributed by atoms with Crippen LogP contribution in [-0.2, 0) is 6.42 Å². The number of hydrogen-bond acceptors (Lipinski definition) is 7. The number of aromatic nitrogens is 1. The molecule has 0 amide bonds. The zero-order chi connectivity index (χ0) is 25.6. The summed E-state index contributed by atoms with van der Waals surface area (Å²) in [5, 5.41) is 11.3. The summed E-state index contributed by atoms with van der Waals surface area (Å²) in [5.74, 6) is -0.965. The number of ether oxygens (including phenoxy) is 1. The van der Waals surface area contributed by atoms with E-state index < -0.39 is 17.1 Å². The van der Waals surface area contributed by atoms with Gasteiger partial charge in [0, 0.05) is 35.9 Å². The fraction of sp³-hybridized carbons (Fsp3) is 0.250. The van der Waals surface area contributed by atoms with Gasteiger partial charge in [0.05, 0.1) is 16.9 Å². The molecule has 0 aliphatic carbocycles.